The maximum Gasteiger partial charge on any atom is 0.264 e. The third kappa shape index (κ3) is 2.40. The van der Waals surface area contributed by atoms with Crippen LogP contribution in [0.15, 0.2) is 24.3 Å². The van der Waals surface area contributed by atoms with Crippen LogP contribution in [0.2, 0.25) is 0 Å². The summed E-state index contributed by atoms with van der Waals surface area (Å²) in [7, 11) is 0. The first kappa shape index (κ1) is 11.5. The molecule has 1 fully saturated rings. The van der Waals surface area contributed by atoms with Gasteiger partial charge < -0.3 is 5.32 Å². The number of hydrogen-bond donors (Lipinski definition) is 1. The lowest BCUT2D eigenvalue weighted by molar-refractivity contribution is -0.0212. The van der Waals surface area contributed by atoms with Crippen LogP contribution in [0.4, 0.5) is 8.78 Å². The maximum absolute atomic E-state index is 13.4. The molecule has 16 heavy (non-hydrogen) atoms. The zero-order chi connectivity index (χ0) is 11.6. The first-order chi connectivity index (χ1) is 7.62. The van der Waals surface area contributed by atoms with Gasteiger partial charge in [0.2, 0.25) is 0 Å². The molecule has 0 aromatic heterocycles. The van der Waals surface area contributed by atoms with E-state index in [2.05, 4.69) is 12.2 Å². The third-order valence-corrected chi connectivity index (χ3v) is 3.26. The van der Waals surface area contributed by atoms with Crippen LogP contribution in [0, 0.1) is 5.92 Å². The third-order valence-electron chi connectivity index (χ3n) is 3.26. The van der Waals surface area contributed by atoms with Crippen LogP contribution in [0.5, 0.6) is 0 Å². The summed E-state index contributed by atoms with van der Waals surface area (Å²) in [6, 6.07) is 7.98. The number of benzene rings is 1. The average Bonchev–Trinajstić information content (AvgIpc) is 2.59. The van der Waals surface area contributed by atoms with E-state index in [0.717, 1.165) is 12.0 Å². The highest BCUT2D eigenvalue weighted by molar-refractivity contribution is 5.23. The molecule has 2 rings (SSSR count). The van der Waals surface area contributed by atoms with E-state index in [1.54, 1.807) is 0 Å². The van der Waals surface area contributed by atoms with Crippen LogP contribution >= 0.6 is 0 Å². The lowest BCUT2D eigenvalue weighted by Gasteiger charge is -2.17. The van der Waals surface area contributed by atoms with Crippen LogP contribution in [0.3, 0.4) is 0 Å². The molecule has 1 nitrogen and oxygen atoms in total. The largest absolute Gasteiger partial charge is 0.311 e. The van der Waals surface area contributed by atoms with Crippen LogP contribution in [0.25, 0.3) is 0 Å². The van der Waals surface area contributed by atoms with Crippen molar-refractivity contribution in [1.82, 2.24) is 5.32 Å². The minimum absolute atomic E-state index is 0.176. The zero-order valence-corrected chi connectivity index (χ0v) is 9.47. The van der Waals surface area contributed by atoms with Crippen LogP contribution in [0.1, 0.15) is 18.1 Å². The topological polar surface area (TPSA) is 12.0 Å². The molecule has 1 aromatic rings. The fourth-order valence-corrected chi connectivity index (χ4v) is 2.12. The minimum atomic E-state index is -2.55. The molecular weight excluding hydrogens is 208 g/mol. The Morgan fingerprint density at radius 2 is 1.88 bits per heavy atom. The molecule has 1 unspecified atom stereocenters. The normalized spacial score (nSPS) is 23.6. The highest BCUT2D eigenvalue weighted by Crippen LogP contribution is 2.30. The molecule has 0 aliphatic carbocycles. The van der Waals surface area contributed by atoms with Crippen LogP contribution in [-0.4, -0.2) is 19.0 Å². The SMILES string of the molecule is CCc1ccc(CC2CNCC2(F)F)cc1. The molecular formula is C13H17F2N. The van der Waals surface area contributed by atoms with Gasteiger partial charge in [-0.2, -0.15) is 0 Å². The van der Waals surface area contributed by atoms with Crippen molar-refractivity contribution in [3.05, 3.63) is 35.4 Å². The Kier molecular flexibility index (Phi) is 3.24. The van der Waals surface area contributed by atoms with Crippen molar-refractivity contribution < 1.29 is 8.78 Å². The van der Waals surface area contributed by atoms with E-state index in [1.165, 1.54) is 5.56 Å². The van der Waals surface area contributed by atoms with Crippen molar-refractivity contribution in [3.8, 4) is 0 Å². The summed E-state index contributed by atoms with van der Waals surface area (Å²) in [4.78, 5) is 0. The molecule has 0 radical (unpaired) electrons. The van der Waals surface area contributed by atoms with Gasteiger partial charge in [-0.25, -0.2) is 8.78 Å². The van der Waals surface area contributed by atoms with E-state index in [0.29, 0.717) is 13.0 Å². The second-order valence-corrected chi connectivity index (χ2v) is 4.46. The number of rotatable bonds is 3. The van der Waals surface area contributed by atoms with Crippen molar-refractivity contribution in [3.63, 3.8) is 0 Å². The van der Waals surface area contributed by atoms with Gasteiger partial charge in [-0.1, -0.05) is 31.2 Å². The Hall–Kier alpha value is -0.960. The van der Waals surface area contributed by atoms with Crippen LogP contribution < -0.4 is 5.32 Å². The molecule has 0 amide bonds. The number of halogens is 2. The summed E-state index contributed by atoms with van der Waals surface area (Å²) in [5.74, 6) is -3.11. The van der Waals surface area contributed by atoms with Gasteiger partial charge in [0.05, 0.1) is 6.54 Å². The van der Waals surface area contributed by atoms with Gasteiger partial charge in [0.25, 0.3) is 5.92 Å². The molecule has 3 heteroatoms. The number of nitrogens with one attached hydrogen (secondary N) is 1. The Morgan fingerprint density at radius 3 is 2.38 bits per heavy atom. The fourth-order valence-electron chi connectivity index (χ4n) is 2.12. The molecule has 1 saturated heterocycles. The summed E-state index contributed by atoms with van der Waals surface area (Å²) in [5, 5.41) is 2.76. The molecule has 1 heterocycles. The second kappa shape index (κ2) is 4.50. The first-order valence-corrected chi connectivity index (χ1v) is 5.78. The Labute approximate surface area is 94.9 Å². The minimum Gasteiger partial charge on any atom is -0.311 e. The van der Waals surface area contributed by atoms with Crippen molar-refractivity contribution >= 4 is 0 Å². The Balaban J connectivity index is 2.03. The average molecular weight is 225 g/mol. The van der Waals surface area contributed by atoms with E-state index < -0.39 is 11.8 Å². The smallest absolute Gasteiger partial charge is 0.264 e. The van der Waals surface area contributed by atoms with Gasteiger partial charge in [0.15, 0.2) is 0 Å². The number of hydrogen-bond acceptors (Lipinski definition) is 1. The molecule has 0 saturated carbocycles. The molecule has 1 aromatic carbocycles. The van der Waals surface area contributed by atoms with Crippen molar-refractivity contribution in [2.24, 2.45) is 5.92 Å². The number of alkyl halides is 2. The highest BCUT2D eigenvalue weighted by Gasteiger charge is 2.43. The molecule has 88 valence electrons. The maximum atomic E-state index is 13.4. The summed E-state index contributed by atoms with van der Waals surface area (Å²) < 4.78 is 26.8. The van der Waals surface area contributed by atoms with Crippen molar-refractivity contribution in [2.75, 3.05) is 13.1 Å². The highest BCUT2D eigenvalue weighted by atomic mass is 19.3. The van der Waals surface area contributed by atoms with E-state index in [4.69, 9.17) is 0 Å². The first-order valence-electron chi connectivity index (χ1n) is 5.78. The fraction of sp³-hybridized carbons (Fsp3) is 0.538. The van der Waals surface area contributed by atoms with Gasteiger partial charge in [-0.3, -0.25) is 0 Å². The zero-order valence-electron chi connectivity index (χ0n) is 9.47. The molecule has 1 N–H and O–H groups in total. The Morgan fingerprint density at radius 1 is 1.25 bits per heavy atom. The molecule has 1 aliphatic heterocycles. The second-order valence-electron chi connectivity index (χ2n) is 4.46. The summed E-state index contributed by atoms with van der Waals surface area (Å²) in [6.45, 7) is 2.33. The van der Waals surface area contributed by atoms with Gasteiger partial charge in [-0.05, 0) is 24.0 Å². The predicted octanol–water partition coefficient (Wildman–Crippen LogP) is 2.65. The standard InChI is InChI=1S/C13H17F2N/c1-2-10-3-5-11(6-4-10)7-12-8-16-9-13(12,14)15/h3-6,12,16H,2,7-9H2,1H3. The predicted molar refractivity (Wildman–Crippen MR) is 60.8 cm³/mol. The van der Waals surface area contributed by atoms with Gasteiger partial charge in [0, 0.05) is 12.5 Å². The van der Waals surface area contributed by atoms with E-state index in [-0.39, 0.29) is 6.54 Å². The van der Waals surface area contributed by atoms with Gasteiger partial charge in [0.1, 0.15) is 0 Å². The molecule has 1 aliphatic rings. The Bertz CT molecular complexity index is 345. The van der Waals surface area contributed by atoms with E-state index in [1.807, 2.05) is 24.3 Å². The van der Waals surface area contributed by atoms with Crippen molar-refractivity contribution in [1.29, 1.82) is 0 Å². The summed E-state index contributed by atoms with van der Waals surface area (Å²) >= 11 is 0. The lowest BCUT2D eigenvalue weighted by atomic mass is 9.95. The van der Waals surface area contributed by atoms with E-state index >= 15 is 0 Å². The van der Waals surface area contributed by atoms with Crippen molar-refractivity contribution in [2.45, 2.75) is 25.7 Å². The monoisotopic (exact) mass is 225 g/mol. The number of aryl methyl sites for hydroxylation is 1. The van der Waals surface area contributed by atoms with Gasteiger partial charge >= 0.3 is 0 Å². The van der Waals surface area contributed by atoms with Gasteiger partial charge in [-0.15, -0.1) is 0 Å². The summed E-state index contributed by atoms with van der Waals surface area (Å²) in [5.41, 5.74) is 2.26. The van der Waals surface area contributed by atoms with E-state index in [9.17, 15) is 8.78 Å². The quantitative estimate of drug-likeness (QED) is 0.834. The van der Waals surface area contributed by atoms with Crippen LogP contribution in [-0.2, 0) is 12.8 Å². The summed E-state index contributed by atoms with van der Waals surface area (Å²) in [6.07, 6.45) is 1.45. The molecule has 0 spiro atoms. The lowest BCUT2D eigenvalue weighted by Crippen LogP contribution is -2.28. The molecule has 0 bridgehead atoms. The molecule has 1 atom stereocenters.